The summed E-state index contributed by atoms with van der Waals surface area (Å²) in [6.45, 7) is 2.41. The Morgan fingerprint density at radius 1 is 1.33 bits per heavy atom. The van der Waals surface area contributed by atoms with E-state index in [0.29, 0.717) is 25.4 Å². The molecular weight excluding hydrogens is 238 g/mol. The zero-order chi connectivity index (χ0) is 13.1. The van der Waals surface area contributed by atoms with Crippen LogP contribution in [0.3, 0.4) is 0 Å². The lowest BCUT2D eigenvalue weighted by Crippen LogP contribution is -2.58. The van der Waals surface area contributed by atoms with Crippen LogP contribution in [0, 0.1) is 5.92 Å². The second kappa shape index (κ2) is 5.34. The number of aliphatic carboxylic acids is 1. The molecule has 2 heterocycles. The molecule has 18 heavy (non-hydrogen) atoms. The van der Waals surface area contributed by atoms with Gasteiger partial charge in [-0.3, -0.25) is 14.4 Å². The van der Waals surface area contributed by atoms with Crippen LogP contribution in [0.2, 0.25) is 0 Å². The van der Waals surface area contributed by atoms with Crippen LogP contribution >= 0.6 is 0 Å². The van der Waals surface area contributed by atoms with E-state index in [2.05, 4.69) is 10.6 Å². The molecule has 2 amide bonds. The highest BCUT2D eigenvalue weighted by molar-refractivity contribution is 5.91. The van der Waals surface area contributed by atoms with Gasteiger partial charge in [0.15, 0.2) is 0 Å². The van der Waals surface area contributed by atoms with E-state index < -0.39 is 12.0 Å². The van der Waals surface area contributed by atoms with Gasteiger partial charge >= 0.3 is 5.97 Å². The van der Waals surface area contributed by atoms with Gasteiger partial charge in [0.1, 0.15) is 6.04 Å². The minimum Gasteiger partial charge on any atom is -0.481 e. The molecule has 1 atom stereocenters. The third kappa shape index (κ3) is 2.79. The maximum absolute atomic E-state index is 12.1. The Morgan fingerprint density at radius 3 is 2.61 bits per heavy atom. The fraction of sp³-hybridized carbons (Fsp3) is 0.727. The van der Waals surface area contributed by atoms with Gasteiger partial charge in [0.25, 0.3) is 0 Å². The van der Waals surface area contributed by atoms with Crippen LogP contribution in [0.5, 0.6) is 0 Å². The summed E-state index contributed by atoms with van der Waals surface area (Å²) < 4.78 is 0. The normalized spacial score (nSPS) is 24.3. The molecule has 2 aliphatic heterocycles. The Labute approximate surface area is 105 Å². The molecule has 0 aromatic heterocycles. The van der Waals surface area contributed by atoms with Gasteiger partial charge in [-0.2, -0.15) is 0 Å². The van der Waals surface area contributed by atoms with E-state index in [4.69, 9.17) is 5.11 Å². The second-order valence-corrected chi connectivity index (χ2v) is 4.72. The Hall–Kier alpha value is -1.63. The summed E-state index contributed by atoms with van der Waals surface area (Å²) in [6.07, 6.45) is 0.0525. The summed E-state index contributed by atoms with van der Waals surface area (Å²) in [5.74, 6) is -1.25. The van der Waals surface area contributed by atoms with Crippen molar-refractivity contribution in [2.24, 2.45) is 5.92 Å². The maximum Gasteiger partial charge on any atom is 0.305 e. The zero-order valence-corrected chi connectivity index (χ0v) is 10.0. The second-order valence-electron chi connectivity index (χ2n) is 4.72. The van der Waals surface area contributed by atoms with Crippen molar-refractivity contribution in [3.05, 3.63) is 0 Å². The average Bonchev–Trinajstić information content (AvgIpc) is 2.25. The van der Waals surface area contributed by atoms with Crippen LogP contribution in [-0.4, -0.2) is 60.0 Å². The van der Waals surface area contributed by atoms with Crippen molar-refractivity contribution in [1.82, 2.24) is 15.5 Å². The first-order valence-electron chi connectivity index (χ1n) is 6.07. The summed E-state index contributed by atoms with van der Waals surface area (Å²) >= 11 is 0. The SMILES string of the molecule is O=C(O)CC1C(=O)NCCN1C(=O)CC1CNC1. The lowest BCUT2D eigenvalue weighted by atomic mass is 9.97. The number of nitrogens with one attached hydrogen (secondary N) is 2. The molecule has 0 saturated carbocycles. The van der Waals surface area contributed by atoms with Crippen molar-refractivity contribution in [3.8, 4) is 0 Å². The molecule has 2 saturated heterocycles. The molecule has 2 rings (SSSR count). The van der Waals surface area contributed by atoms with E-state index in [0.717, 1.165) is 13.1 Å². The number of hydrogen-bond donors (Lipinski definition) is 3. The number of amides is 2. The van der Waals surface area contributed by atoms with E-state index in [9.17, 15) is 14.4 Å². The number of carbonyl (C=O) groups is 3. The van der Waals surface area contributed by atoms with Gasteiger partial charge in [-0.25, -0.2) is 0 Å². The minimum absolute atomic E-state index is 0.123. The lowest BCUT2D eigenvalue weighted by Gasteiger charge is -2.36. The van der Waals surface area contributed by atoms with Crippen molar-refractivity contribution < 1.29 is 19.5 Å². The molecule has 3 N–H and O–H groups in total. The predicted molar refractivity (Wildman–Crippen MR) is 61.7 cm³/mol. The van der Waals surface area contributed by atoms with Crippen LogP contribution in [0.1, 0.15) is 12.8 Å². The van der Waals surface area contributed by atoms with E-state index in [-0.39, 0.29) is 18.2 Å². The van der Waals surface area contributed by atoms with Gasteiger partial charge in [-0.05, 0) is 19.0 Å². The molecule has 100 valence electrons. The van der Waals surface area contributed by atoms with Crippen molar-refractivity contribution in [3.63, 3.8) is 0 Å². The highest BCUT2D eigenvalue weighted by Crippen LogP contribution is 2.15. The fourth-order valence-electron chi connectivity index (χ4n) is 2.24. The van der Waals surface area contributed by atoms with E-state index >= 15 is 0 Å². The molecule has 0 aliphatic carbocycles. The molecular formula is C11H17N3O4. The van der Waals surface area contributed by atoms with E-state index in [1.807, 2.05) is 0 Å². The fourth-order valence-corrected chi connectivity index (χ4v) is 2.24. The molecule has 0 radical (unpaired) electrons. The first kappa shape index (κ1) is 12.8. The van der Waals surface area contributed by atoms with E-state index in [1.54, 1.807) is 0 Å². The molecule has 0 bridgehead atoms. The third-order valence-electron chi connectivity index (χ3n) is 3.35. The molecule has 7 heteroatoms. The molecule has 0 aromatic rings. The Morgan fingerprint density at radius 2 is 2.06 bits per heavy atom. The Balaban J connectivity index is 1.99. The van der Waals surface area contributed by atoms with Gasteiger partial charge in [-0.15, -0.1) is 0 Å². The number of carbonyl (C=O) groups excluding carboxylic acids is 2. The largest absolute Gasteiger partial charge is 0.481 e. The van der Waals surface area contributed by atoms with Gasteiger partial charge < -0.3 is 20.6 Å². The van der Waals surface area contributed by atoms with Crippen molar-refractivity contribution >= 4 is 17.8 Å². The lowest BCUT2D eigenvalue weighted by molar-refractivity contribution is -0.149. The summed E-state index contributed by atoms with van der Waals surface area (Å²) in [5, 5.41) is 14.5. The number of carboxylic acid groups (broad SMARTS) is 1. The highest BCUT2D eigenvalue weighted by Gasteiger charge is 2.35. The van der Waals surface area contributed by atoms with Crippen molar-refractivity contribution in [2.75, 3.05) is 26.2 Å². The predicted octanol–water partition coefficient (Wildman–Crippen LogP) is -1.60. The molecule has 0 aromatic carbocycles. The summed E-state index contributed by atoms with van der Waals surface area (Å²) in [4.78, 5) is 35.8. The smallest absolute Gasteiger partial charge is 0.305 e. The zero-order valence-electron chi connectivity index (χ0n) is 10.0. The van der Waals surface area contributed by atoms with Gasteiger partial charge in [0.05, 0.1) is 6.42 Å². The first-order valence-corrected chi connectivity index (χ1v) is 6.07. The quantitative estimate of drug-likeness (QED) is 0.562. The van der Waals surface area contributed by atoms with Crippen LogP contribution < -0.4 is 10.6 Å². The standard InChI is InChI=1S/C11H17N3O4/c15-9(3-7-5-12-6-7)14-2-1-13-11(18)8(14)4-10(16)17/h7-8,12H,1-6H2,(H,13,18)(H,16,17). The molecule has 1 unspecified atom stereocenters. The summed E-state index contributed by atoms with van der Waals surface area (Å²) in [5.41, 5.74) is 0. The van der Waals surface area contributed by atoms with Crippen LogP contribution in [-0.2, 0) is 14.4 Å². The summed E-state index contributed by atoms with van der Waals surface area (Å²) in [6, 6.07) is -0.864. The number of carboxylic acids is 1. The van der Waals surface area contributed by atoms with Gasteiger partial charge in [0, 0.05) is 19.5 Å². The Bertz CT molecular complexity index is 367. The molecule has 0 spiro atoms. The number of nitrogens with zero attached hydrogens (tertiary/aromatic N) is 1. The van der Waals surface area contributed by atoms with E-state index in [1.165, 1.54) is 4.90 Å². The monoisotopic (exact) mass is 255 g/mol. The van der Waals surface area contributed by atoms with Crippen molar-refractivity contribution in [1.29, 1.82) is 0 Å². The van der Waals surface area contributed by atoms with Crippen molar-refractivity contribution in [2.45, 2.75) is 18.9 Å². The number of rotatable bonds is 4. The summed E-state index contributed by atoms with van der Waals surface area (Å²) in [7, 11) is 0. The average molecular weight is 255 g/mol. The third-order valence-corrected chi connectivity index (χ3v) is 3.35. The van der Waals surface area contributed by atoms with Crippen LogP contribution in [0.4, 0.5) is 0 Å². The van der Waals surface area contributed by atoms with Gasteiger partial charge in [0.2, 0.25) is 11.8 Å². The molecule has 2 fully saturated rings. The highest BCUT2D eigenvalue weighted by atomic mass is 16.4. The minimum atomic E-state index is -1.07. The van der Waals surface area contributed by atoms with Crippen LogP contribution in [0.15, 0.2) is 0 Å². The topological polar surface area (TPSA) is 98.7 Å². The number of piperazine rings is 1. The molecule has 2 aliphatic rings. The van der Waals surface area contributed by atoms with Gasteiger partial charge in [-0.1, -0.05) is 0 Å². The van der Waals surface area contributed by atoms with Crippen LogP contribution in [0.25, 0.3) is 0 Å². The maximum atomic E-state index is 12.1. The Kier molecular flexibility index (Phi) is 3.81. The first-order chi connectivity index (χ1) is 8.58. The molecule has 7 nitrogen and oxygen atoms in total. The number of hydrogen-bond acceptors (Lipinski definition) is 4.